The van der Waals surface area contributed by atoms with Crippen LogP contribution < -0.4 is 9.47 Å². The maximum atomic E-state index is 5.82. The first-order valence-corrected chi connectivity index (χ1v) is 11.1. The molecule has 0 radical (unpaired) electrons. The Morgan fingerprint density at radius 3 is 2.59 bits per heavy atom. The molecular formula is C23H36N2O2. The van der Waals surface area contributed by atoms with Crippen molar-refractivity contribution in [2.45, 2.75) is 70.5 Å². The van der Waals surface area contributed by atoms with Gasteiger partial charge in [0.2, 0.25) is 0 Å². The van der Waals surface area contributed by atoms with Gasteiger partial charge in [-0.15, -0.1) is 0 Å². The van der Waals surface area contributed by atoms with E-state index in [-0.39, 0.29) is 0 Å². The van der Waals surface area contributed by atoms with Crippen LogP contribution in [0, 0.1) is 5.92 Å². The minimum absolute atomic E-state index is 0.672. The van der Waals surface area contributed by atoms with E-state index in [2.05, 4.69) is 28.0 Å². The third-order valence-corrected chi connectivity index (χ3v) is 6.95. The normalized spacial score (nSPS) is 27.5. The molecular weight excluding hydrogens is 336 g/mol. The lowest BCUT2D eigenvalue weighted by molar-refractivity contribution is -0.00383. The van der Waals surface area contributed by atoms with Crippen LogP contribution >= 0.6 is 0 Å². The summed E-state index contributed by atoms with van der Waals surface area (Å²) in [7, 11) is 1.72. The number of fused-ring (bicyclic) bond motifs is 1. The van der Waals surface area contributed by atoms with Crippen molar-refractivity contribution in [3.05, 3.63) is 23.8 Å². The van der Waals surface area contributed by atoms with Gasteiger partial charge in [0, 0.05) is 31.7 Å². The van der Waals surface area contributed by atoms with Gasteiger partial charge in [0.25, 0.3) is 0 Å². The van der Waals surface area contributed by atoms with Crippen LogP contribution in [0.2, 0.25) is 0 Å². The fourth-order valence-corrected chi connectivity index (χ4v) is 5.76. The molecule has 2 heterocycles. The van der Waals surface area contributed by atoms with Crippen molar-refractivity contribution in [1.29, 1.82) is 0 Å². The molecule has 0 unspecified atom stereocenters. The first kappa shape index (κ1) is 19.1. The lowest BCUT2D eigenvalue weighted by Crippen LogP contribution is -2.59. The Morgan fingerprint density at radius 1 is 0.963 bits per heavy atom. The minimum Gasteiger partial charge on any atom is -0.493 e. The van der Waals surface area contributed by atoms with Crippen LogP contribution in [-0.4, -0.2) is 55.2 Å². The summed E-state index contributed by atoms with van der Waals surface area (Å²) >= 11 is 0. The number of nitrogens with zero attached hydrogens (tertiary/aromatic N) is 2. The maximum absolute atomic E-state index is 5.82. The largest absolute Gasteiger partial charge is 0.493 e. The van der Waals surface area contributed by atoms with Crippen LogP contribution in [0.5, 0.6) is 11.5 Å². The monoisotopic (exact) mass is 372 g/mol. The Hall–Kier alpha value is -1.26. The maximum Gasteiger partial charge on any atom is 0.161 e. The average Bonchev–Trinajstić information content (AvgIpc) is 3.18. The van der Waals surface area contributed by atoms with Crippen LogP contribution in [0.3, 0.4) is 0 Å². The number of methoxy groups -OCH3 is 1. The van der Waals surface area contributed by atoms with Gasteiger partial charge in [-0.1, -0.05) is 25.3 Å². The third kappa shape index (κ3) is 4.12. The highest BCUT2D eigenvalue weighted by atomic mass is 16.5. The lowest BCUT2D eigenvalue weighted by Gasteiger charge is -2.49. The molecule has 1 aliphatic carbocycles. The molecule has 150 valence electrons. The highest BCUT2D eigenvalue weighted by Crippen LogP contribution is 2.38. The van der Waals surface area contributed by atoms with Gasteiger partial charge < -0.3 is 9.47 Å². The molecule has 27 heavy (non-hydrogen) atoms. The molecule has 1 aromatic rings. The summed E-state index contributed by atoms with van der Waals surface area (Å²) in [6.45, 7) is 7.50. The Kier molecular flexibility index (Phi) is 6.24. The second-order valence-corrected chi connectivity index (χ2v) is 8.52. The molecule has 4 nitrogen and oxygen atoms in total. The smallest absolute Gasteiger partial charge is 0.161 e. The summed E-state index contributed by atoms with van der Waals surface area (Å²) in [6, 6.07) is 8.01. The highest BCUT2D eigenvalue weighted by molar-refractivity contribution is 5.43. The SMILES string of the molecule is CCOc1cc(CN2CCN3CCC[C@H]3[C@H]2C2CCCCC2)ccc1OC. The predicted octanol–water partition coefficient (Wildman–Crippen LogP) is 4.32. The number of rotatable bonds is 6. The van der Waals surface area contributed by atoms with Crippen LogP contribution in [0.25, 0.3) is 0 Å². The molecule has 2 saturated heterocycles. The second-order valence-electron chi connectivity index (χ2n) is 8.52. The summed E-state index contributed by atoms with van der Waals surface area (Å²) in [5.74, 6) is 2.60. The Labute approximate surface area is 164 Å². The van der Waals surface area contributed by atoms with Gasteiger partial charge in [0.05, 0.1) is 13.7 Å². The fraction of sp³-hybridized carbons (Fsp3) is 0.739. The van der Waals surface area contributed by atoms with E-state index in [1.807, 2.05) is 6.92 Å². The zero-order chi connectivity index (χ0) is 18.6. The van der Waals surface area contributed by atoms with Crippen LogP contribution in [0.1, 0.15) is 57.4 Å². The topological polar surface area (TPSA) is 24.9 Å². The Balaban J connectivity index is 1.54. The molecule has 3 aliphatic rings. The van der Waals surface area contributed by atoms with E-state index in [4.69, 9.17) is 9.47 Å². The quantitative estimate of drug-likeness (QED) is 0.742. The van der Waals surface area contributed by atoms with E-state index in [9.17, 15) is 0 Å². The highest BCUT2D eigenvalue weighted by Gasteiger charge is 2.42. The van der Waals surface area contributed by atoms with Gasteiger partial charge in [-0.05, 0) is 62.8 Å². The van der Waals surface area contributed by atoms with Crippen molar-refractivity contribution >= 4 is 0 Å². The van der Waals surface area contributed by atoms with Crippen molar-refractivity contribution in [1.82, 2.24) is 9.80 Å². The summed E-state index contributed by atoms with van der Waals surface area (Å²) < 4.78 is 11.3. The predicted molar refractivity (Wildman–Crippen MR) is 110 cm³/mol. The number of hydrogen-bond acceptors (Lipinski definition) is 4. The summed E-state index contributed by atoms with van der Waals surface area (Å²) in [5.41, 5.74) is 1.35. The zero-order valence-corrected chi connectivity index (χ0v) is 17.2. The van der Waals surface area contributed by atoms with E-state index in [0.717, 1.165) is 36.0 Å². The molecule has 0 aromatic heterocycles. The number of ether oxygens (including phenoxy) is 2. The Morgan fingerprint density at radius 2 is 1.81 bits per heavy atom. The standard InChI is InChI=1S/C23H36N2O2/c1-3-27-22-16-18(11-12-21(22)26-2)17-25-15-14-24-13-7-10-20(24)23(25)19-8-5-4-6-9-19/h11-12,16,19-20,23H,3-10,13-15,17H2,1-2H3/t20-,23+/m0/s1. The van der Waals surface area contributed by atoms with Crippen LogP contribution in [0.15, 0.2) is 18.2 Å². The molecule has 0 N–H and O–H groups in total. The molecule has 0 spiro atoms. The molecule has 4 rings (SSSR count). The van der Waals surface area contributed by atoms with Crippen molar-refractivity contribution in [3.63, 3.8) is 0 Å². The Bertz CT molecular complexity index is 614. The van der Waals surface area contributed by atoms with E-state index in [1.54, 1.807) is 7.11 Å². The van der Waals surface area contributed by atoms with Gasteiger partial charge in [0.15, 0.2) is 11.5 Å². The van der Waals surface area contributed by atoms with E-state index < -0.39 is 0 Å². The van der Waals surface area contributed by atoms with Crippen LogP contribution in [0.4, 0.5) is 0 Å². The zero-order valence-electron chi connectivity index (χ0n) is 17.2. The van der Waals surface area contributed by atoms with Gasteiger partial charge >= 0.3 is 0 Å². The van der Waals surface area contributed by atoms with Gasteiger partial charge in [-0.25, -0.2) is 0 Å². The molecule has 2 atom stereocenters. The number of piperazine rings is 1. The third-order valence-electron chi connectivity index (χ3n) is 6.95. The van der Waals surface area contributed by atoms with E-state index in [0.29, 0.717) is 6.61 Å². The molecule has 3 fully saturated rings. The minimum atomic E-state index is 0.672. The second kappa shape index (κ2) is 8.83. The lowest BCUT2D eigenvalue weighted by atomic mass is 9.78. The van der Waals surface area contributed by atoms with Crippen molar-refractivity contribution in [2.24, 2.45) is 5.92 Å². The molecule has 0 amide bonds. The summed E-state index contributed by atoms with van der Waals surface area (Å²) in [6.07, 6.45) is 9.94. The molecule has 4 heteroatoms. The van der Waals surface area contributed by atoms with Gasteiger partial charge in [0.1, 0.15) is 0 Å². The fourth-order valence-electron chi connectivity index (χ4n) is 5.76. The summed E-state index contributed by atoms with van der Waals surface area (Å²) in [4.78, 5) is 5.59. The first-order valence-electron chi connectivity index (χ1n) is 11.1. The average molecular weight is 373 g/mol. The van der Waals surface area contributed by atoms with E-state index in [1.165, 1.54) is 70.1 Å². The molecule has 1 saturated carbocycles. The summed E-state index contributed by atoms with van der Waals surface area (Å²) in [5, 5.41) is 0. The molecule has 0 bridgehead atoms. The van der Waals surface area contributed by atoms with E-state index >= 15 is 0 Å². The molecule has 1 aromatic carbocycles. The van der Waals surface area contributed by atoms with Crippen molar-refractivity contribution in [2.75, 3.05) is 33.4 Å². The van der Waals surface area contributed by atoms with Crippen molar-refractivity contribution < 1.29 is 9.47 Å². The van der Waals surface area contributed by atoms with Gasteiger partial charge in [-0.3, -0.25) is 9.80 Å². The first-order chi connectivity index (χ1) is 13.3. The number of hydrogen-bond donors (Lipinski definition) is 0. The number of benzene rings is 1. The molecule has 2 aliphatic heterocycles. The van der Waals surface area contributed by atoms with Gasteiger partial charge in [-0.2, -0.15) is 0 Å². The van der Waals surface area contributed by atoms with Crippen LogP contribution in [-0.2, 0) is 6.54 Å². The van der Waals surface area contributed by atoms with Crippen molar-refractivity contribution in [3.8, 4) is 11.5 Å².